The molecule has 0 saturated heterocycles. The van der Waals surface area contributed by atoms with E-state index >= 15 is 0 Å². The number of esters is 1. The maximum Gasteiger partial charge on any atom is 0.340 e. The number of carbonyl (C=O) groups is 2. The fourth-order valence-corrected chi connectivity index (χ4v) is 3.50. The Bertz CT molecular complexity index is 1060. The molecule has 0 saturated carbocycles. The zero-order valence-electron chi connectivity index (χ0n) is 17.0. The first kappa shape index (κ1) is 22.6. The maximum absolute atomic E-state index is 12.8. The van der Waals surface area contributed by atoms with Crippen molar-refractivity contribution in [1.82, 2.24) is 4.98 Å². The second kappa shape index (κ2) is 8.76. The minimum atomic E-state index is -3.93. The number of rotatable bonds is 7. The van der Waals surface area contributed by atoms with Crippen LogP contribution in [0.25, 0.3) is 0 Å². The van der Waals surface area contributed by atoms with Gasteiger partial charge in [0.05, 0.1) is 17.1 Å². The topological polar surface area (TPSA) is 141 Å². The highest BCUT2D eigenvalue weighted by Gasteiger charge is 2.24. The number of anilines is 1. The Morgan fingerprint density at radius 2 is 1.76 bits per heavy atom. The van der Waals surface area contributed by atoms with Crippen molar-refractivity contribution in [3.05, 3.63) is 45.8 Å². The van der Waals surface area contributed by atoms with Gasteiger partial charge in [0.25, 0.3) is 5.91 Å². The highest BCUT2D eigenvalue weighted by molar-refractivity contribution is 7.89. The van der Waals surface area contributed by atoms with Gasteiger partial charge in [-0.1, -0.05) is 0 Å². The quantitative estimate of drug-likeness (QED) is 0.459. The van der Waals surface area contributed by atoms with Gasteiger partial charge in [-0.15, -0.1) is 0 Å². The molecule has 0 atom stereocenters. The van der Waals surface area contributed by atoms with Crippen molar-refractivity contribution in [3.8, 4) is 0 Å². The third-order valence-corrected chi connectivity index (χ3v) is 5.50. The number of hydrogen-bond donors (Lipinski definition) is 3. The predicted octanol–water partition coefficient (Wildman–Crippen LogP) is 1.95. The molecule has 0 spiro atoms. The van der Waals surface area contributed by atoms with Crippen molar-refractivity contribution in [1.29, 1.82) is 0 Å². The van der Waals surface area contributed by atoms with Crippen LogP contribution < -0.4 is 10.5 Å². The highest BCUT2D eigenvalue weighted by Crippen LogP contribution is 2.25. The molecule has 10 heteroatoms. The van der Waals surface area contributed by atoms with Crippen molar-refractivity contribution in [2.75, 3.05) is 25.6 Å². The van der Waals surface area contributed by atoms with Gasteiger partial charge in [-0.05, 0) is 56.5 Å². The molecular weight excluding hydrogens is 398 g/mol. The number of primary sulfonamides is 1. The molecular formula is C19H25N3O6S. The van der Waals surface area contributed by atoms with E-state index in [4.69, 9.17) is 14.6 Å². The van der Waals surface area contributed by atoms with Gasteiger partial charge in [-0.2, -0.15) is 0 Å². The van der Waals surface area contributed by atoms with E-state index in [9.17, 15) is 18.0 Å². The van der Waals surface area contributed by atoms with Crippen LogP contribution in [-0.4, -0.2) is 45.6 Å². The van der Waals surface area contributed by atoms with Crippen LogP contribution >= 0.6 is 0 Å². The van der Waals surface area contributed by atoms with Gasteiger partial charge in [0.2, 0.25) is 10.0 Å². The summed E-state index contributed by atoms with van der Waals surface area (Å²) in [6.45, 7) is 7.12. The third-order valence-electron chi connectivity index (χ3n) is 4.61. The van der Waals surface area contributed by atoms with Crippen molar-refractivity contribution in [2.45, 2.75) is 32.6 Å². The Balaban J connectivity index is 2.34. The normalized spacial score (nSPS) is 11.4. The Morgan fingerprint density at radius 1 is 1.10 bits per heavy atom. The lowest BCUT2D eigenvalue weighted by atomic mass is 10.1. The number of hydrogen-bond acceptors (Lipinski definition) is 6. The number of aromatic amines is 1. The number of benzene rings is 1. The van der Waals surface area contributed by atoms with E-state index in [1.807, 2.05) is 0 Å². The Labute approximate surface area is 169 Å². The highest BCUT2D eigenvalue weighted by atomic mass is 32.2. The summed E-state index contributed by atoms with van der Waals surface area (Å²) in [5.74, 6) is -1.08. The smallest absolute Gasteiger partial charge is 0.340 e. The molecule has 1 heterocycles. The SMILES string of the molecule is COCCOC(=O)c1c(C)[nH]c(C(=O)Nc2cc(S(N)(=O)=O)cc(C)c2C)c1C. The molecule has 1 aromatic heterocycles. The molecule has 0 aliphatic rings. The minimum absolute atomic E-state index is 0.0970. The molecule has 158 valence electrons. The Kier molecular flexibility index (Phi) is 6.83. The second-order valence-electron chi connectivity index (χ2n) is 6.67. The van der Waals surface area contributed by atoms with E-state index in [1.165, 1.54) is 19.2 Å². The van der Waals surface area contributed by atoms with E-state index in [2.05, 4.69) is 10.3 Å². The zero-order valence-corrected chi connectivity index (χ0v) is 17.8. The monoisotopic (exact) mass is 423 g/mol. The van der Waals surface area contributed by atoms with E-state index in [-0.39, 0.29) is 29.4 Å². The van der Waals surface area contributed by atoms with Crippen molar-refractivity contribution >= 4 is 27.6 Å². The van der Waals surface area contributed by atoms with Gasteiger partial charge in [0.15, 0.2) is 0 Å². The van der Waals surface area contributed by atoms with Crippen molar-refractivity contribution < 1.29 is 27.5 Å². The third kappa shape index (κ3) is 5.03. The minimum Gasteiger partial charge on any atom is -0.460 e. The van der Waals surface area contributed by atoms with Gasteiger partial charge >= 0.3 is 5.97 Å². The molecule has 0 aliphatic heterocycles. The molecule has 0 radical (unpaired) electrons. The van der Waals surface area contributed by atoms with Crippen LogP contribution in [0.4, 0.5) is 5.69 Å². The van der Waals surface area contributed by atoms with Crippen LogP contribution in [-0.2, 0) is 19.5 Å². The van der Waals surface area contributed by atoms with Crippen molar-refractivity contribution in [2.24, 2.45) is 5.14 Å². The largest absolute Gasteiger partial charge is 0.460 e. The summed E-state index contributed by atoms with van der Waals surface area (Å²) in [6, 6.07) is 2.75. The summed E-state index contributed by atoms with van der Waals surface area (Å²) in [7, 11) is -2.43. The van der Waals surface area contributed by atoms with E-state index in [0.717, 1.165) is 0 Å². The average Bonchev–Trinajstić information content (AvgIpc) is 2.92. The van der Waals surface area contributed by atoms with Crippen LogP contribution in [0.1, 0.15) is 43.2 Å². The summed E-state index contributed by atoms with van der Waals surface area (Å²) in [5.41, 5.74) is 3.05. The molecule has 4 N–H and O–H groups in total. The number of aryl methyl sites for hydroxylation is 2. The molecule has 1 aromatic carbocycles. The van der Waals surface area contributed by atoms with Crippen LogP contribution in [0.5, 0.6) is 0 Å². The standard InChI is InChI=1S/C19H25N3O6S/c1-10-8-14(29(20,25)26)9-15(11(10)2)22-18(23)17-12(3)16(13(4)21-17)19(24)28-7-6-27-5/h8-9,21H,6-7H2,1-5H3,(H,22,23)(H2,20,25,26). The van der Waals surface area contributed by atoms with Crippen molar-refractivity contribution in [3.63, 3.8) is 0 Å². The van der Waals surface area contributed by atoms with Gasteiger partial charge in [0, 0.05) is 18.5 Å². The Morgan fingerprint density at radius 3 is 2.34 bits per heavy atom. The molecule has 0 aliphatic carbocycles. The van der Waals surface area contributed by atoms with Gasteiger partial charge in [-0.25, -0.2) is 18.4 Å². The summed E-state index contributed by atoms with van der Waals surface area (Å²) < 4.78 is 33.4. The first-order chi connectivity index (χ1) is 13.5. The first-order valence-corrected chi connectivity index (χ1v) is 10.3. The lowest BCUT2D eigenvalue weighted by molar-refractivity contribution is 0.0386. The number of methoxy groups -OCH3 is 1. The number of H-pyrrole nitrogens is 1. The number of nitrogens with one attached hydrogen (secondary N) is 2. The van der Waals surface area contributed by atoms with Crippen LogP contribution in [0.3, 0.4) is 0 Å². The van der Waals surface area contributed by atoms with Crippen LogP contribution in [0.2, 0.25) is 0 Å². The summed E-state index contributed by atoms with van der Waals surface area (Å²) >= 11 is 0. The molecule has 0 bridgehead atoms. The molecule has 2 rings (SSSR count). The second-order valence-corrected chi connectivity index (χ2v) is 8.23. The Hall–Kier alpha value is -2.69. The summed E-state index contributed by atoms with van der Waals surface area (Å²) in [5, 5.41) is 7.90. The van der Waals surface area contributed by atoms with E-state index in [1.54, 1.807) is 27.7 Å². The number of nitrogens with two attached hydrogens (primary N) is 1. The summed E-state index contributed by atoms with van der Waals surface area (Å²) in [4.78, 5) is 27.9. The van der Waals surface area contributed by atoms with Crippen LogP contribution in [0, 0.1) is 27.7 Å². The molecule has 29 heavy (non-hydrogen) atoms. The molecule has 1 amide bonds. The van der Waals surface area contributed by atoms with E-state index < -0.39 is 21.9 Å². The van der Waals surface area contributed by atoms with Crippen LogP contribution in [0.15, 0.2) is 17.0 Å². The zero-order chi connectivity index (χ0) is 21.9. The number of carbonyl (C=O) groups excluding carboxylic acids is 2. The average molecular weight is 423 g/mol. The molecule has 0 unspecified atom stereocenters. The number of sulfonamides is 1. The van der Waals surface area contributed by atoms with Gasteiger partial charge in [-0.3, -0.25) is 4.79 Å². The predicted molar refractivity (Wildman–Crippen MR) is 108 cm³/mol. The number of ether oxygens (including phenoxy) is 2. The fourth-order valence-electron chi connectivity index (χ4n) is 2.88. The number of amides is 1. The number of aromatic nitrogens is 1. The molecule has 0 fully saturated rings. The fraction of sp³-hybridized carbons (Fsp3) is 0.368. The molecule has 2 aromatic rings. The van der Waals surface area contributed by atoms with Gasteiger partial charge < -0.3 is 19.8 Å². The summed E-state index contributed by atoms with van der Waals surface area (Å²) in [6.07, 6.45) is 0. The lowest BCUT2D eigenvalue weighted by Gasteiger charge is -2.12. The first-order valence-electron chi connectivity index (χ1n) is 8.78. The lowest BCUT2D eigenvalue weighted by Crippen LogP contribution is -2.17. The molecule has 9 nitrogen and oxygen atoms in total. The maximum atomic E-state index is 12.8. The van der Waals surface area contributed by atoms with E-state index in [0.29, 0.717) is 28.1 Å². The van der Waals surface area contributed by atoms with Gasteiger partial charge in [0.1, 0.15) is 12.3 Å².